The largest absolute Gasteiger partial charge is 0.340 e. The van der Waals surface area contributed by atoms with Crippen molar-refractivity contribution in [3.8, 4) is 12.1 Å². The minimum Gasteiger partial charge on any atom is -0.340 e. The molecule has 0 atom stereocenters. The van der Waals surface area contributed by atoms with E-state index < -0.39 is 6.85 Å². The quantitative estimate of drug-likeness (QED) is 0.613. The molecular formula is C22H18N6. The molecule has 136 valence electrons. The van der Waals surface area contributed by atoms with Crippen molar-refractivity contribution < 1.29 is 6.85 Å². The summed E-state index contributed by atoms with van der Waals surface area (Å²) >= 11 is 0. The van der Waals surface area contributed by atoms with Crippen LogP contribution in [0, 0.1) is 36.4 Å². The van der Waals surface area contributed by atoms with Crippen LogP contribution in [-0.4, -0.2) is 9.97 Å². The molecule has 0 saturated heterocycles. The zero-order valence-corrected chi connectivity index (χ0v) is 14.9. The molecule has 0 unspecified atom stereocenters. The summed E-state index contributed by atoms with van der Waals surface area (Å²) < 4.78 is 40.0. The minimum atomic E-state index is -2.48. The average Bonchev–Trinajstić information content (AvgIpc) is 2.76. The first-order chi connectivity index (χ1) is 15.6. The maximum atomic E-state index is 8.92. The zero-order valence-electron chi connectivity index (χ0n) is 19.9. The Kier molecular flexibility index (Phi) is 3.96. The third-order valence-corrected chi connectivity index (χ3v) is 3.78. The lowest BCUT2D eigenvalue weighted by Crippen LogP contribution is -2.02. The summed E-state index contributed by atoms with van der Waals surface area (Å²) in [6.07, 6.45) is 2.41. The van der Waals surface area contributed by atoms with Crippen molar-refractivity contribution in [2.75, 3.05) is 10.6 Å². The molecule has 0 radical (unpaired) electrons. The lowest BCUT2D eigenvalue weighted by Gasteiger charge is -2.14. The van der Waals surface area contributed by atoms with Gasteiger partial charge >= 0.3 is 0 Å². The van der Waals surface area contributed by atoms with Crippen LogP contribution in [-0.2, 0) is 0 Å². The van der Waals surface area contributed by atoms with Crippen molar-refractivity contribution in [2.45, 2.75) is 13.8 Å². The molecule has 0 aliphatic carbocycles. The molecule has 0 amide bonds. The van der Waals surface area contributed by atoms with Crippen LogP contribution in [0.5, 0.6) is 0 Å². The van der Waals surface area contributed by atoms with Crippen LogP contribution in [0.25, 0.3) is 6.08 Å². The molecule has 2 aromatic carbocycles. The molecule has 28 heavy (non-hydrogen) atoms. The summed E-state index contributed by atoms with van der Waals surface area (Å²) in [7, 11) is 0. The molecule has 3 aromatic rings. The van der Waals surface area contributed by atoms with E-state index in [2.05, 4.69) is 20.6 Å². The molecule has 0 aliphatic rings. The van der Waals surface area contributed by atoms with Crippen LogP contribution in [0.3, 0.4) is 0 Å². The van der Waals surface area contributed by atoms with Gasteiger partial charge in [-0.05, 0) is 79.0 Å². The van der Waals surface area contributed by atoms with Crippen LogP contribution in [0.1, 0.15) is 29.1 Å². The van der Waals surface area contributed by atoms with Gasteiger partial charge < -0.3 is 10.6 Å². The van der Waals surface area contributed by atoms with Gasteiger partial charge in [-0.25, -0.2) is 4.98 Å². The Balaban J connectivity index is 2.03. The number of aromatic nitrogens is 2. The van der Waals surface area contributed by atoms with Gasteiger partial charge in [0.25, 0.3) is 0 Å². The molecule has 6 heteroatoms. The topological polar surface area (TPSA) is 97.4 Å². The smallest absolute Gasteiger partial charge is 0.229 e. The van der Waals surface area contributed by atoms with Crippen molar-refractivity contribution >= 4 is 29.2 Å². The van der Waals surface area contributed by atoms with Gasteiger partial charge in [-0.2, -0.15) is 15.5 Å². The Hall–Kier alpha value is -4.16. The molecular weight excluding hydrogens is 348 g/mol. The number of benzene rings is 2. The molecule has 6 nitrogen and oxygen atoms in total. The fourth-order valence-electron chi connectivity index (χ4n) is 2.49. The normalized spacial score (nSPS) is 13.3. The van der Waals surface area contributed by atoms with E-state index in [9.17, 15) is 0 Å². The van der Waals surface area contributed by atoms with Crippen molar-refractivity contribution in [3.63, 3.8) is 0 Å². The lowest BCUT2D eigenvalue weighted by atomic mass is 10.0. The number of nitrogens with one attached hydrogen (secondary N) is 2. The number of rotatable bonds is 5. The van der Waals surface area contributed by atoms with Crippen LogP contribution in [0.2, 0.25) is 0 Å². The molecule has 0 fully saturated rings. The summed E-state index contributed by atoms with van der Waals surface area (Å²) in [6.45, 7) is -0.782. The summed E-state index contributed by atoms with van der Waals surface area (Å²) in [4.78, 5) is 8.21. The molecule has 0 bridgehead atoms. The van der Waals surface area contributed by atoms with E-state index in [1.807, 2.05) is 12.1 Å². The summed E-state index contributed by atoms with van der Waals surface area (Å²) in [5.41, 5.74) is 2.39. The summed E-state index contributed by atoms with van der Waals surface area (Å²) in [6, 6.07) is 13.3. The Bertz CT molecular complexity index is 1300. The predicted molar refractivity (Wildman–Crippen MR) is 110 cm³/mol. The Labute approximate surface area is 170 Å². The van der Waals surface area contributed by atoms with E-state index in [-0.39, 0.29) is 35.2 Å². The second-order valence-electron chi connectivity index (χ2n) is 5.79. The highest BCUT2D eigenvalue weighted by Crippen LogP contribution is 2.26. The van der Waals surface area contributed by atoms with E-state index >= 15 is 0 Å². The molecule has 3 rings (SSSR count). The monoisotopic (exact) mass is 371 g/mol. The van der Waals surface area contributed by atoms with Gasteiger partial charge in [-0.1, -0.05) is 0 Å². The highest BCUT2D eigenvalue weighted by Gasteiger charge is 2.07. The zero-order chi connectivity index (χ0) is 24.2. The van der Waals surface area contributed by atoms with E-state index in [0.717, 1.165) is 0 Å². The SMILES string of the molecule is [2H]c1nc(Nc2ccc(C#N)cc2)nc(Nc2c(C)cc(/C=C/C#N)cc2C([2H])([2H])[2H])c1[2H]. The second kappa shape index (κ2) is 8.48. The highest BCUT2D eigenvalue weighted by molar-refractivity contribution is 5.69. The van der Waals surface area contributed by atoms with Gasteiger partial charge in [0.2, 0.25) is 5.95 Å². The summed E-state index contributed by atoms with van der Waals surface area (Å²) in [5, 5.41) is 23.5. The summed E-state index contributed by atoms with van der Waals surface area (Å²) in [5.74, 6) is -0.00932. The van der Waals surface area contributed by atoms with Gasteiger partial charge in [0.15, 0.2) is 0 Å². The standard InChI is InChI=1S/C22H18N6/c1-15-12-18(4-3-10-23)13-16(2)21(15)27-20-9-11-25-22(28-20)26-19-7-5-17(14-24)6-8-19/h3-9,11-13H,1-2H3,(H2,25,26,27,28)/b4-3+/i1D3,9D,11D. The molecule has 1 aromatic heterocycles. The average molecular weight is 371 g/mol. The minimum absolute atomic E-state index is 0.00812. The lowest BCUT2D eigenvalue weighted by molar-refractivity contribution is 1.16. The third-order valence-electron chi connectivity index (χ3n) is 3.78. The second-order valence-corrected chi connectivity index (χ2v) is 5.79. The van der Waals surface area contributed by atoms with Crippen molar-refractivity contribution in [2.24, 2.45) is 0 Å². The van der Waals surface area contributed by atoms with Gasteiger partial charge in [0.05, 0.1) is 20.4 Å². The Morgan fingerprint density at radius 2 is 1.93 bits per heavy atom. The number of anilines is 4. The van der Waals surface area contributed by atoms with Crippen LogP contribution in [0.15, 0.2) is 54.7 Å². The maximum absolute atomic E-state index is 8.92. The van der Waals surface area contributed by atoms with E-state index in [0.29, 0.717) is 22.4 Å². The van der Waals surface area contributed by atoms with E-state index in [1.54, 1.807) is 37.3 Å². The fourth-order valence-corrected chi connectivity index (χ4v) is 2.49. The van der Waals surface area contributed by atoms with E-state index in [1.165, 1.54) is 18.2 Å². The first-order valence-corrected chi connectivity index (χ1v) is 8.23. The van der Waals surface area contributed by atoms with Gasteiger partial charge in [0.1, 0.15) is 5.82 Å². The molecule has 0 spiro atoms. The number of nitriles is 2. The molecule has 2 N–H and O–H groups in total. The van der Waals surface area contributed by atoms with Gasteiger partial charge in [-0.15, -0.1) is 0 Å². The van der Waals surface area contributed by atoms with Crippen LogP contribution in [0.4, 0.5) is 23.1 Å². The van der Waals surface area contributed by atoms with Crippen molar-refractivity contribution in [1.82, 2.24) is 9.97 Å². The first-order valence-electron chi connectivity index (χ1n) is 10.7. The molecule has 1 heterocycles. The number of aryl methyl sites for hydroxylation is 2. The Morgan fingerprint density at radius 3 is 2.64 bits per heavy atom. The Morgan fingerprint density at radius 1 is 1.14 bits per heavy atom. The fraction of sp³-hybridized carbons (Fsp3) is 0.0909. The number of hydrogen-bond acceptors (Lipinski definition) is 6. The van der Waals surface area contributed by atoms with Gasteiger partial charge in [-0.3, -0.25) is 0 Å². The van der Waals surface area contributed by atoms with E-state index in [4.69, 9.17) is 17.4 Å². The first kappa shape index (κ1) is 13.1. The third kappa shape index (κ3) is 4.51. The van der Waals surface area contributed by atoms with Crippen LogP contribution < -0.4 is 10.6 Å². The number of allylic oxidation sites excluding steroid dienone is 1. The predicted octanol–water partition coefficient (Wildman–Crippen LogP) is 4.99. The highest BCUT2D eigenvalue weighted by atomic mass is 15.1. The number of nitrogens with zero attached hydrogens (tertiary/aromatic N) is 4. The maximum Gasteiger partial charge on any atom is 0.229 e. The van der Waals surface area contributed by atoms with Crippen LogP contribution >= 0.6 is 0 Å². The van der Waals surface area contributed by atoms with Crippen molar-refractivity contribution in [1.29, 1.82) is 10.5 Å². The molecule has 0 aliphatic heterocycles. The molecule has 0 saturated carbocycles. The number of hydrogen-bond donors (Lipinski definition) is 2. The van der Waals surface area contributed by atoms with Crippen molar-refractivity contribution in [3.05, 3.63) is 76.9 Å². The van der Waals surface area contributed by atoms with Gasteiger partial charge in [0, 0.05) is 27.7 Å².